The van der Waals surface area contributed by atoms with Gasteiger partial charge in [0.15, 0.2) is 5.82 Å². The van der Waals surface area contributed by atoms with Gasteiger partial charge in [-0.2, -0.15) is 0 Å². The third kappa shape index (κ3) is 5.76. The van der Waals surface area contributed by atoms with E-state index >= 15 is 0 Å². The second kappa shape index (κ2) is 10.6. The fourth-order valence-corrected chi connectivity index (χ4v) is 3.34. The highest BCUT2D eigenvalue weighted by molar-refractivity contribution is 5.62. The second-order valence-corrected chi connectivity index (χ2v) is 7.29. The fourth-order valence-electron chi connectivity index (χ4n) is 3.34. The molecule has 0 aliphatic rings. The van der Waals surface area contributed by atoms with Gasteiger partial charge in [0, 0.05) is 50.7 Å². The van der Waals surface area contributed by atoms with Crippen LogP contribution >= 0.6 is 0 Å². The average Bonchev–Trinajstić information content (AvgIpc) is 2.78. The van der Waals surface area contributed by atoms with E-state index in [1.807, 2.05) is 30.6 Å². The summed E-state index contributed by atoms with van der Waals surface area (Å²) in [4.78, 5) is 18.5. The maximum absolute atomic E-state index is 4.92. The molecule has 0 unspecified atom stereocenters. The lowest BCUT2D eigenvalue weighted by molar-refractivity contribution is 0.732. The number of pyridine rings is 1. The van der Waals surface area contributed by atoms with Gasteiger partial charge in [-0.05, 0) is 37.0 Å². The number of nitrogens with zero attached hydrogens (tertiary/aromatic N) is 5. The zero-order chi connectivity index (χ0) is 20.5. The molecule has 0 N–H and O–H groups in total. The fraction of sp³-hybridized carbons (Fsp3) is 0.375. The molecule has 3 rings (SSSR count). The van der Waals surface area contributed by atoms with Crippen LogP contribution in [-0.4, -0.2) is 41.6 Å². The number of hydrogen-bond donors (Lipinski definition) is 0. The first-order valence-electron chi connectivity index (χ1n) is 10.5. The normalized spacial score (nSPS) is 10.7. The van der Waals surface area contributed by atoms with Gasteiger partial charge in [-0.3, -0.25) is 4.98 Å². The van der Waals surface area contributed by atoms with E-state index in [1.165, 1.54) is 5.56 Å². The summed E-state index contributed by atoms with van der Waals surface area (Å²) in [6, 6.07) is 16.5. The molecule has 0 fully saturated rings. The second-order valence-electron chi connectivity index (χ2n) is 7.29. The van der Waals surface area contributed by atoms with Gasteiger partial charge >= 0.3 is 0 Å². The van der Waals surface area contributed by atoms with Crippen molar-refractivity contribution >= 4 is 11.6 Å². The van der Waals surface area contributed by atoms with Gasteiger partial charge in [-0.25, -0.2) is 9.97 Å². The highest BCUT2D eigenvalue weighted by Crippen LogP contribution is 2.24. The number of hydrogen-bond acceptors (Lipinski definition) is 5. The Bertz CT molecular complexity index is 861. The van der Waals surface area contributed by atoms with Crippen LogP contribution in [0, 0.1) is 0 Å². The summed E-state index contributed by atoms with van der Waals surface area (Å²) in [5.74, 6) is 2.75. The van der Waals surface area contributed by atoms with E-state index in [0.29, 0.717) is 0 Å². The van der Waals surface area contributed by atoms with Crippen molar-refractivity contribution in [1.82, 2.24) is 15.0 Å². The Balaban J connectivity index is 1.90. The van der Waals surface area contributed by atoms with Crippen LogP contribution in [0.1, 0.15) is 32.3 Å². The highest BCUT2D eigenvalue weighted by Gasteiger charge is 2.14. The molecule has 29 heavy (non-hydrogen) atoms. The SMILES string of the molecule is CCCN(CCC)c1cc(N(C)CCc2ccncc2)nc(-c2ccccc2)n1. The van der Waals surface area contributed by atoms with Crippen molar-refractivity contribution in [2.75, 3.05) is 36.5 Å². The monoisotopic (exact) mass is 389 g/mol. The number of aromatic nitrogens is 3. The number of anilines is 2. The summed E-state index contributed by atoms with van der Waals surface area (Å²) in [5.41, 5.74) is 2.33. The van der Waals surface area contributed by atoms with E-state index in [2.05, 4.69) is 66.0 Å². The topological polar surface area (TPSA) is 45.2 Å². The molecule has 5 nitrogen and oxygen atoms in total. The molecule has 0 atom stereocenters. The van der Waals surface area contributed by atoms with Crippen LogP contribution < -0.4 is 9.80 Å². The Hall–Kier alpha value is -2.95. The standard InChI is InChI=1S/C24H31N5/c1-4-16-29(17-5-2)23-19-22(26-24(27-23)21-9-7-6-8-10-21)28(3)18-13-20-11-14-25-15-12-20/h6-12,14-15,19H,4-5,13,16-18H2,1-3H3. The van der Waals surface area contributed by atoms with Crippen LogP contribution in [0.5, 0.6) is 0 Å². The zero-order valence-corrected chi connectivity index (χ0v) is 17.8. The third-order valence-corrected chi connectivity index (χ3v) is 4.92. The van der Waals surface area contributed by atoms with Crippen molar-refractivity contribution in [3.8, 4) is 11.4 Å². The van der Waals surface area contributed by atoms with E-state index in [4.69, 9.17) is 9.97 Å². The summed E-state index contributed by atoms with van der Waals surface area (Å²) in [7, 11) is 2.10. The minimum Gasteiger partial charge on any atom is -0.359 e. The smallest absolute Gasteiger partial charge is 0.163 e. The predicted octanol–water partition coefficient (Wildman–Crippen LogP) is 4.84. The van der Waals surface area contributed by atoms with Gasteiger partial charge in [0.25, 0.3) is 0 Å². The molecule has 0 saturated heterocycles. The average molecular weight is 390 g/mol. The van der Waals surface area contributed by atoms with Crippen molar-refractivity contribution in [2.24, 2.45) is 0 Å². The van der Waals surface area contributed by atoms with Gasteiger partial charge in [0.05, 0.1) is 0 Å². The van der Waals surface area contributed by atoms with E-state index < -0.39 is 0 Å². The van der Waals surface area contributed by atoms with Crippen molar-refractivity contribution in [3.63, 3.8) is 0 Å². The van der Waals surface area contributed by atoms with E-state index in [1.54, 1.807) is 0 Å². The Kier molecular flexibility index (Phi) is 7.56. The van der Waals surface area contributed by atoms with Gasteiger partial charge in [0.2, 0.25) is 0 Å². The molecule has 0 saturated carbocycles. The molecular weight excluding hydrogens is 358 g/mol. The Morgan fingerprint density at radius 3 is 2.10 bits per heavy atom. The molecule has 0 bridgehead atoms. The molecule has 2 heterocycles. The zero-order valence-electron chi connectivity index (χ0n) is 17.8. The summed E-state index contributed by atoms with van der Waals surface area (Å²) >= 11 is 0. The molecule has 0 aliphatic heterocycles. The largest absolute Gasteiger partial charge is 0.359 e. The Morgan fingerprint density at radius 2 is 1.45 bits per heavy atom. The molecular formula is C24H31N5. The van der Waals surface area contributed by atoms with Gasteiger partial charge < -0.3 is 9.80 Å². The van der Waals surface area contributed by atoms with E-state index in [9.17, 15) is 0 Å². The lowest BCUT2D eigenvalue weighted by Crippen LogP contribution is -2.27. The number of likely N-dealkylation sites (N-methyl/N-ethyl adjacent to an activating group) is 1. The first-order valence-corrected chi connectivity index (χ1v) is 10.5. The van der Waals surface area contributed by atoms with Crippen LogP contribution in [0.2, 0.25) is 0 Å². The van der Waals surface area contributed by atoms with E-state index in [0.717, 1.165) is 61.9 Å². The molecule has 1 aromatic carbocycles. The molecule has 0 radical (unpaired) electrons. The van der Waals surface area contributed by atoms with Crippen molar-refractivity contribution < 1.29 is 0 Å². The van der Waals surface area contributed by atoms with Crippen LogP contribution in [0.25, 0.3) is 11.4 Å². The summed E-state index contributed by atoms with van der Waals surface area (Å²) in [6.45, 7) is 7.31. The van der Waals surface area contributed by atoms with Crippen molar-refractivity contribution in [3.05, 3.63) is 66.5 Å². The molecule has 0 aliphatic carbocycles. The predicted molar refractivity (Wildman–Crippen MR) is 121 cm³/mol. The van der Waals surface area contributed by atoms with Crippen LogP contribution in [0.3, 0.4) is 0 Å². The Labute approximate surface area is 174 Å². The molecule has 3 aromatic rings. The highest BCUT2D eigenvalue weighted by atomic mass is 15.2. The van der Waals surface area contributed by atoms with Crippen molar-refractivity contribution in [1.29, 1.82) is 0 Å². The van der Waals surface area contributed by atoms with Crippen LogP contribution in [0.4, 0.5) is 11.6 Å². The minimum atomic E-state index is 0.783. The van der Waals surface area contributed by atoms with Gasteiger partial charge in [-0.1, -0.05) is 44.2 Å². The molecule has 0 amide bonds. The quantitative estimate of drug-likeness (QED) is 0.496. The van der Waals surface area contributed by atoms with E-state index in [-0.39, 0.29) is 0 Å². The van der Waals surface area contributed by atoms with Crippen LogP contribution in [-0.2, 0) is 6.42 Å². The first kappa shape index (κ1) is 20.8. The number of benzene rings is 1. The summed E-state index contributed by atoms with van der Waals surface area (Å²) in [5, 5.41) is 0. The maximum atomic E-state index is 4.92. The minimum absolute atomic E-state index is 0.783. The third-order valence-electron chi connectivity index (χ3n) is 4.92. The van der Waals surface area contributed by atoms with Gasteiger partial charge in [0.1, 0.15) is 11.6 Å². The van der Waals surface area contributed by atoms with Gasteiger partial charge in [-0.15, -0.1) is 0 Å². The summed E-state index contributed by atoms with van der Waals surface area (Å²) < 4.78 is 0. The lowest BCUT2D eigenvalue weighted by atomic mass is 10.2. The lowest BCUT2D eigenvalue weighted by Gasteiger charge is -2.25. The maximum Gasteiger partial charge on any atom is 0.163 e. The van der Waals surface area contributed by atoms with Crippen LogP contribution in [0.15, 0.2) is 60.9 Å². The molecule has 152 valence electrons. The molecule has 5 heteroatoms. The molecule has 0 spiro atoms. The summed E-state index contributed by atoms with van der Waals surface area (Å²) in [6.07, 6.45) is 6.83. The molecule has 2 aromatic heterocycles. The Morgan fingerprint density at radius 1 is 0.793 bits per heavy atom. The number of rotatable bonds is 10. The van der Waals surface area contributed by atoms with Crippen molar-refractivity contribution in [2.45, 2.75) is 33.1 Å². The first-order chi connectivity index (χ1) is 14.2.